The van der Waals surface area contributed by atoms with Gasteiger partial charge in [-0.2, -0.15) is 0 Å². The maximum Gasteiger partial charge on any atom is 0.323 e. The zero-order chi connectivity index (χ0) is 13.2. The van der Waals surface area contributed by atoms with Crippen LogP contribution in [0.25, 0.3) is 0 Å². The summed E-state index contributed by atoms with van der Waals surface area (Å²) in [4.78, 5) is 24.4. The third-order valence-electron chi connectivity index (χ3n) is 2.88. The fraction of sp³-hybridized carbons (Fsp3) is 0.833. The summed E-state index contributed by atoms with van der Waals surface area (Å²) in [6, 6.07) is 0. The van der Waals surface area contributed by atoms with Gasteiger partial charge in [0.15, 0.2) is 0 Å². The highest BCUT2D eigenvalue weighted by molar-refractivity contribution is 5.85. The minimum Gasteiger partial charge on any atom is -0.480 e. The molecule has 1 aliphatic rings. The number of hydrogen-bond donors (Lipinski definition) is 1. The van der Waals surface area contributed by atoms with Gasteiger partial charge < -0.3 is 14.7 Å². The van der Waals surface area contributed by atoms with E-state index in [1.54, 1.807) is 0 Å². The average Bonchev–Trinajstić information content (AvgIpc) is 2.58. The van der Waals surface area contributed by atoms with Gasteiger partial charge in [0, 0.05) is 5.54 Å². The molecule has 5 nitrogen and oxygen atoms in total. The van der Waals surface area contributed by atoms with Crippen molar-refractivity contribution in [2.24, 2.45) is 0 Å². The molecule has 1 amide bonds. The number of carbonyl (C=O) groups is 2. The van der Waals surface area contributed by atoms with E-state index in [9.17, 15) is 9.59 Å². The van der Waals surface area contributed by atoms with Crippen molar-refractivity contribution >= 4 is 11.9 Å². The molecule has 1 N–H and O–H groups in total. The van der Waals surface area contributed by atoms with Crippen LogP contribution >= 0.6 is 0 Å². The number of carbonyl (C=O) groups excluding carboxylic acids is 1. The third-order valence-corrected chi connectivity index (χ3v) is 2.88. The van der Waals surface area contributed by atoms with Crippen molar-refractivity contribution < 1.29 is 19.4 Å². The van der Waals surface area contributed by atoms with E-state index in [-0.39, 0.29) is 18.6 Å². The van der Waals surface area contributed by atoms with E-state index in [1.165, 1.54) is 4.90 Å². The molecule has 2 unspecified atom stereocenters. The number of carboxylic acid groups (broad SMARTS) is 1. The largest absolute Gasteiger partial charge is 0.480 e. The predicted molar refractivity (Wildman–Crippen MR) is 62.7 cm³/mol. The molecule has 1 saturated heterocycles. The number of nitrogens with zero attached hydrogens (tertiary/aromatic N) is 1. The lowest BCUT2D eigenvalue weighted by Crippen LogP contribution is -2.52. The highest BCUT2D eigenvalue weighted by Gasteiger charge is 2.36. The van der Waals surface area contributed by atoms with Crippen LogP contribution in [0.15, 0.2) is 0 Å². The van der Waals surface area contributed by atoms with Crippen molar-refractivity contribution in [1.29, 1.82) is 0 Å². The number of hydrogen-bond acceptors (Lipinski definition) is 3. The Morgan fingerprint density at radius 2 is 1.94 bits per heavy atom. The van der Waals surface area contributed by atoms with Crippen LogP contribution in [0.2, 0.25) is 0 Å². The molecule has 2 atom stereocenters. The van der Waals surface area contributed by atoms with Crippen LogP contribution in [0, 0.1) is 0 Å². The molecule has 1 aliphatic heterocycles. The molecule has 1 fully saturated rings. The van der Waals surface area contributed by atoms with E-state index in [1.807, 2.05) is 27.7 Å². The molecule has 0 aromatic carbocycles. The molecule has 0 spiro atoms. The van der Waals surface area contributed by atoms with Crippen LogP contribution in [0.4, 0.5) is 0 Å². The summed E-state index contributed by atoms with van der Waals surface area (Å²) < 4.78 is 5.50. The van der Waals surface area contributed by atoms with Gasteiger partial charge in [0.2, 0.25) is 0 Å². The average molecular weight is 243 g/mol. The molecule has 98 valence electrons. The van der Waals surface area contributed by atoms with Gasteiger partial charge in [0.05, 0.1) is 6.10 Å². The molecule has 0 bridgehead atoms. The van der Waals surface area contributed by atoms with E-state index < -0.39 is 17.6 Å². The number of carboxylic acids is 1. The normalized spacial score (nSPS) is 24.7. The second kappa shape index (κ2) is 5.04. The molecule has 1 heterocycles. The SMILES string of the molecule is CC1CCC(C(=O)N(CC(=O)O)C(C)(C)C)O1. The van der Waals surface area contributed by atoms with Crippen molar-refractivity contribution in [2.75, 3.05) is 6.54 Å². The Labute approximate surface area is 102 Å². The zero-order valence-electron chi connectivity index (χ0n) is 10.9. The number of amides is 1. The first-order valence-corrected chi connectivity index (χ1v) is 5.90. The smallest absolute Gasteiger partial charge is 0.323 e. The lowest BCUT2D eigenvalue weighted by Gasteiger charge is -2.36. The van der Waals surface area contributed by atoms with Gasteiger partial charge in [-0.05, 0) is 40.5 Å². The summed E-state index contributed by atoms with van der Waals surface area (Å²) >= 11 is 0. The quantitative estimate of drug-likeness (QED) is 0.810. The lowest BCUT2D eigenvalue weighted by atomic mass is 10.0. The summed E-state index contributed by atoms with van der Waals surface area (Å²) in [7, 11) is 0. The Morgan fingerprint density at radius 3 is 2.29 bits per heavy atom. The topological polar surface area (TPSA) is 66.8 Å². The molecule has 0 radical (unpaired) electrons. The van der Waals surface area contributed by atoms with Crippen LogP contribution in [0.1, 0.15) is 40.5 Å². The predicted octanol–water partition coefficient (Wildman–Crippen LogP) is 1.27. The first kappa shape index (κ1) is 14.0. The van der Waals surface area contributed by atoms with Crippen molar-refractivity contribution in [3.8, 4) is 0 Å². The van der Waals surface area contributed by atoms with Crippen molar-refractivity contribution in [3.63, 3.8) is 0 Å². The molecule has 0 aromatic heterocycles. The summed E-state index contributed by atoms with van der Waals surface area (Å²) in [6.45, 7) is 7.12. The molecular formula is C12H21NO4. The van der Waals surface area contributed by atoms with Gasteiger partial charge in [-0.25, -0.2) is 0 Å². The minimum absolute atomic E-state index is 0.0793. The molecule has 17 heavy (non-hydrogen) atoms. The van der Waals surface area contributed by atoms with Crippen molar-refractivity contribution in [1.82, 2.24) is 4.90 Å². The molecule has 0 aliphatic carbocycles. The first-order chi connectivity index (χ1) is 7.71. The summed E-state index contributed by atoms with van der Waals surface area (Å²) in [6.07, 6.45) is 1.12. The van der Waals surface area contributed by atoms with Crippen LogP contribution in [0.3, 0.4) is 0 Å². The Morgan fingerprint density at radius 1 is 1.35 bits per heavy atom. The van der Waals surface area contributed by atoms with E-state index >= 15 is 0 Å². The zero-order valence-corrected chi connectivity index (χ0v) is 10.9. The number of rotatable bonds is 3. The fourth-order valence-corrected chi connectivity index (χ4v) is 1.94. The van der Waals surface area contributed by atoms with Gasteiger partial charge >= 0.3 is 5.97 Å². The van der Waals surface area contributed by atoms with Crippen LogP contribution < -0.4 is 0 Å². The van der Waals surface area contributed by atoms with E-state index in [4.69, 9.17) is 9.84 Å². The van der Waals surface area contributed by atoms with Crippen LogP contribution in [-0.2, 0) is 14.3 Å². The van der Waals surface area contributed by atoms with Crippen LogP contribution in [0.5, 0.6) is 0 Å². The highest BCUT2D eigenvalue weighted by atomic mass is 16.5. The van der Waals surface area contributed by atoms with Gasteiger partial charge in [-0.3, -0.25) is 9.59 Å². The Bertz CT molecular complexity index is 308. The maximum absolute atomic E-state index is 12.2. The van der Waals surface area contributed by atoms with E-state index in [0.717, 1.165) is 6.42 Å². The number of aliphatic carboxylic acids is 1. The van der Waals surface area contributed by atoms with Gasteiger partial charge in [0.1, 0.15) is 12.6 Å². The summed E-state index contributed by atoms with van der Waals surface area (Å²) in [5.41, 5.74) is -0.509. The fourth-order valence-electron chi connectivity index (χ4n) is 1.94. The van der Waals surface area contributed by atoms with Gasteiger partial charge in [0.25, 0.3) is 5.91 Å². The third kappa shape index (κ3) is 3.70. The standard InChI is InChI=1S/C12H21NO4/c1-8-5-6-9(17-8)11(16)13(7-10(14)15)12(2,3)4/h8-9H,5-7H2,1-4H3,(H,14,15). The van der Waals surface area contributed by atoms with E-state index in [2.05, 4.69) is 0 Å². The van der Waals surface area contributed by atoms with Gasteiger partial charge in [-0.1, -0.05) is 0 Å². The first-order valence-electron chi connectivity index (χ1n) is 5.90. The summed E-state index contributed by atoms with van der Waals surface area (Å²) in [5.74, 6) is -1.22. The number of ether oxygens (including phenoxy) is 1. The Kier molecular flexibility index (Phi) is 4.14. The van der Waals surface area contributed by atoms with Gasteiger partial charge in [-0.15, -0.1) is 0 Å². The molecular weight excluding hydrogens is 222 g/mol. The highest BCUT2D eigenvalue weighted by Crippen LogP contribution is 2.24. The molecule has 0 aromatic rings. The second-order valence-electron chi connectivity index (χ2n) is 5.50. The minimum atomic E-state index is -1.00. The van der Waals surface area contributed by atoms with Crippen molar-refractivity contribution in [3.05, 3.63) is 0 Å². The molecule has 5 heteroatoms. The monoisotopic (exact) mass is 243 g/mol. The molecule has 1 rings (SSSR count). The molecule has 0 saturated carbocycles. The maximum atomic E-state index is 12.2. The lowest BCUT2D eigenvalue weighted by molar-refractivity contribution is -0.154. The van der Waals surface area contributed by atoms with Crippen LogP contribution in [-0.4, -0.2) is 46.2 Å². The second-order valence-corrected chi connectivity index (χ2v) is 5.50. The Hall–Kier alpha value is -1.10. The Balaban J connectivity index is 2.76. The van der Waals surface area contributed by atoms with Crippen molar-refractivity contribution in [2.45, 2.75) is 58.3 Å². The summed E-state index contributed by atoms with van der Waals surface area (Å²) in [5, 5.41) is 8.86. The van der Waals surface area contributed by atoms with E-state index in [0.29, 0.717) is 6.42 Å².